The predicted molar refractivity (Wildman–Crippen MR) is 93.9 cm³/mol. The molecular formula is C18H27N3O2S. The lowest BCUT2D eigenvalue weighted by Crippen LogP contribution is -2.53. The van der Waals surface area contributed by atoms with Gasteiger partial charge in [0.1, 0.15) is 0 Å². The normalized spacial score (nSPS) is 31.3. The lowest BCUT2D eigenvalue weighted by molar-refractivity contribution is -0.131. The summed E-state index contributed by atoms with van der Waals surface area (Å²) in [6.07, 6.45) is 6.04. The number of hydrogen-bond acceptors (Lipinski definition) is 5. The van der Waals surface area contributed by atoms with Gasteiger partial charge in [0.25, 0.3) is 0 Å². The van der Waals surface area contributed by atoms with E-state index in [9.17, 15) is 4.79 Å². The minimum atomic E-state index is 0.0695. The second-order valence-electron chi connectivity index (χ2n) is 7.51. The van der Waals surface area contributed by atoms with E-state index >= 15 is 0 Å². The van der Waals surface area contributed by atoms with Crippen molar-refractivity contribution in [3.05, 3.63) is 16.1 Å². The van der Waals surface area contributed by atoms with Crippen molar-refractivity contribution in [1.82, 2.24) is 15.2 Å². The van der Waals surface area contributed by atoms with Gasteiger partial charge in [-0.3, -0.25) is 9.69 Å². The number of thiazole rings is 1. The lowest BCUT2D eigenvalue weighted by atomic mass is 9.82. The SMILES string of the molecule is Cc1ncsc1CN1C[C@@H]2OCC[C@@H]2[C@@H](C(=O)NC2CCCC2)C1. The van der Waals surface area contributed by atoms with Crippen LogP contribution in [0.1, 0.15) is 42.7 Å². The number of carbonyl (C=O) groups excluding carboxylic acids is 1. The number of aryl methyl sites for hydroxylation is 1. The van der Waals surface area contributed by atoms with Crippen LogP contribution in [0.15, 0.2) is 5.51 Å². The van der Waals surface area contributed by atoms with Crippen molar-refractivity contribution in [3.63, 3.8) is 0 Å². The summed E-state index contributed by atoms with van der Waals surface area (Å²) in [5, 5.41) is 3.32. The highest BCUT2D eigenvalue weighted by molar-refractivity contribution is 7.09. The number of aromatic nitrogens is 1. The van der Waals surface area contributed by atoms with Gasteiger partial charge < -0.3 is 10.1 Å². The first-order valence-corrected chi connectivity index (χ1v) is 10.1. The molecule has 132 valence electrons. The van der Waals surface area contributed by atoms with Gasteiger partial charge in [0, 0.05) is 43.1 Å². The Kier molecular flexibility index (Phi) is 4.88. The number of nitrogens with zero attached hydrogens (tertiary/aromatic N) is 2. The van der Waals surface area contributed by atoms with Gasteiger partial charge >= 0.3 is 0 Å². The molecule has 0 spiro atoms. The molecule has 1 saturated carbocycles. The van der Waals surface area contributed by atoms with E-state index in [1.165, 1.54) is 17.7 Å². The molecule has 1 aromatic heterocycles. The van der Waals surface area contributed by atoms with E-state index in [2.05, 4.69) is 22.1 Å². The van der Waals surface area contributed by atoms with E-state index in [0.717, 1.165) is 51.2 Å². The van der Waals surface area contributed by atoms with Crippen molar-refractivity contribution in [2.45, 2.75) is 57.7 Å². The van der Waals surface area contributed by atoms with Gasteiger partial charge in [-0.15, -0.1) is 11.3 Å². The van der Waals surface area contributed by atoms with Crippen molar-refractivity contribution < 1.29 is 9.53 Å². The smallest absolute Gasteiger partial charge is 0.225 e. The number of likely N-dealkylation sites (tertiary alicyclic amines) is 1. The molecule has 2 aliphatic heterocycles. The highest BCUT2D eigenvalue weighted by atomic mass is 32.1. The molecule has 2 saturated heterocycles. The fourth-order valence-electron chi connectivity index (χ4n) is 4.52. The molecule has 5 nitrogen and oxygen atoms in total. The summed E-state index contributed by atoms with van der Waals surface area (Å²) < 4.78 is 5.95. The van der Waals surface area contributed by atoms with Gasteiger partial charge in [0.15, 0.2) is 0 Å². The number of carbonyl (C=O) groups is 1. The number of ether oxygens (including phenoxy) is 1. The van der Waals surface area contributed by atoms with E-state index < -0.39 is 0 Å². The number of fused-ring (bicyclic) bond motifs is 1. The molecule has 1 aliphatic carbocycles. The molecule has 0 aromatic carbocycles. The standard InChI is InChI=1S/C18H27N3O2S/c1-12-17(24-11-19-12)10-21-8-15(14-6-7-23-16(14)9-21)18(22)20-13-4-2-3-5-13/h11,13-16H,2-10H2,1H3,(H,20,22)/t14-,15+,16+/m1/s1. The minimum absolute atomic E-state index is 0.0695. The Morgan fingerprint density at radius 3 is 2.96 bits per heavy atom. The fourth-order valence-corrected chi connectivity index (χ4v) is 5.34. The number of amides is 1. The highest BCUT2D eigenvalue weighted by Gasteiger charge is 2.44. The van der Waals surface area contributed by atoms with Crippen LogP contribution in [0.3, 0.4) is 0 Å². The van der Waals surface area contributed by atoms with Gasteiger partial charge in [-0.1, -0.05) is 12.8 Å². The third-order valence-electron chi connectivity index (χ3n) is 5.92. The Morgan fingerprint density at radius 2 is 2.21 bits per heavy atom. The summed E-state index contributed by atoms with van der Waals surface area (Å²) >= 11 is 1.71. The molecule has 0 radical (unpaired) electrons. The second kappa shape index (κ2) is 7.10. The lowest BCUT2D eigenvalue weighted by Gasteiger charge is -2.39. The van der Waals surface area contributed by atoms with Crippen LogP contribution in [-0.4, -0.2) is 47.6 Å². The van der Waals surface area contributed by atoms with Crippen LogP contribution >= 0.6 is 11.3 Å². The average Bonchev–Trinajstić information content (AvgIpc) is 3.30. The molecule has 3 heterocycles. The van der Waals surface area contributed by atoms with Gasteiger partial charge in [-0.2, -0.15) is 0 Å². The summed E-state index contributed by atoms with van der Waals surface area (Å²) in [4.78, 5) is 21.0. The Hall–Kier alpha value is -0.980. The van der Waals surface area contributed by atoms with E-state index in [1.54, 1.807) is 11.3 Å². The van der Waals surface area contributed by atoms with Crippen LogP contribution in [0.25, 0.3) is 0 Å². The zero-order chi connectivity index (χ0) is 16.5. The maximum absolute atomic E-state index is 12.9. The topological polar surface area (TPSA) is 54.5 Å². The van der Waals surface area contributed by atoms with Crippen molar-refractivity contribution in [2.75, 3.05) is 19.7 Å². The van der Waals surface area contributed by atoms with Crippen LogP contribution in [0.4, 0.5) is 0 Å². The minimum Gasteiger partial charge on any atom is -0.377 e. The number of hydrogen-bond donors (Lipinski definition) is 1. The maximum atomic E-state index is 12.9. The van der Waals surface area contributed by atoms with Crippen molar-refractivity contribution in [3.8, 4) is 0 Å². The van der Waals surface area contributed by atoms with Crippen molar-refractivity contribution >= 4 is 17.2 Å². The Morgan fingerprint density at radius 1 is 1.38 bits per heavy atom. The molecule has 3 atom stereocenters. The fraction of sp³-hybridized carbons (Fsp3) is 0.778. The third-order valence-corrected chi connectivity index (χ3v) is 6.84. The molecule has 3 aliphatic rings. The van der Waals surface area contributed by atoms with E-state index in [1.807, 2.05) is 5.51 Å². The zero-order valence-electron chi connectivity index (χ0n) is 14.4. The van der Waals surface area contributed by atoms with Crippen LogP contribution < -0.4 is 5.32 Å². The Bertz CT molecular complexity index is 585. The Labute approximate surface area is 147 Å². The number of rotatable bonds is 4. The predicted octanol–water partition coefficient (Wildman–Crippen LogP) is 2.35. The molecule has 0 bridgehead atoms. The molecular weight excluding hydrogens is 322 g/mol. The van der Waals surface area contributed by atoms with Gasteiger partial charge in [0.2, 0.25) is 5.91 Å². The van der Waals surface area contributed by atoms with Gasteiger partial charge in [0.05, 0.1) is 23.2 Å². The molecule has 6 heteroatoms. The average molecular weight is 350 g/mol. The summed E-state index contributed by atoms with van der Waals surface area (Å²) in [6, 6.07) is 0.400. The molecule has 1 N–H and O–H groups in total. The molecule has 24 heavy (non-hydrogen) atoms. The number of nitrogens with one attached hydrogen (secondary N) is 1. The number of piperidine rings is 1. The summed E-state index contributed by atoms with van der Waals surface area (Å²) in [5.41, 5.74) is 3.02. The maximum Gasteiger partial charge on any atom is 0.225 e. The largest absolute Gasteiger partial charge is 0.377 e. The van der Waals surface area contributed by atoms with Crippen LogP contribution in [0.5, 0.6) is 0 Å². The van der Waals surface area contributed by atoms with E-state index in [4.69, 9.17) is 4.74 Å². The molecule has 1 amide bonds. The van der Waals surface area contributed by atoms with Gasteiger partial charge in [-0.05, 0) is 26.2 Å². The first kappa shape index (κ1) is 16.5. The van der Waals surface area contributed by atoms with Crippen LogP contribution in [-0.2, 0) is 16.1 Å². The molecule has 3 fully saturated rings. The Balaban J connectivity index is 1.44. The quantitative estimate of drug-likeness (QED) is 0.907. The van der Waals surface area contributed by atoms with Crippen molar-refractivity contribution in [1.29, 1.82) is 0 Å². The first-order chi connectivity index (χ1) is 11.7. The first-order valence-electron chi connectivity index (χ1n) is 9.24. The second-order valence-corrected chi connectivity index (χ2v) is 8.45. The van der Waals surface area contributed by atoms with Crippen molar-refractivity contribution in [2.24, 2.45) is 11.8 Å². The third kappa shape index (κ3) is 3.37. The summed E-state index contributed by atoms with van der Waals surface area (Å²) in [6.45, 7) is 5.54. The molecule has 0 unspecified atom stereocenters. The highest BCUT2D eigenvalue weighted by Crippen LogP contribution is 2.35. The molecule has 4 rings (SSSR count). The molecule has 1 aromatic rings. The monoisotopic (exact) mass is 349 g/mol. The van der Waals surface area contributed by atoms with E-state index in [0.29, 0.717) is 12.0 Å². The van der Waals surface area contributed by atoms with Crippen LogP contribution in [0.2, 0.25) is 0 Å². The summed E-state index contributed by atoms with van der Waals surface area (Å²) in [5.74, 6) is 0.721. The van der Waals surface area contributed by atoms with E-state index in [-0.39, 0.29) is 17.9 Å². The van der Waals surface area contributed by atoms with Gasteiger partial charge in [-0.25, -0.2) is 4.98 Å². The van der Waals surface area contributed by atoms with Crippen LogP contribution in [0, 0.1) is 18.8 Å². The summed E-state index contributed by atoms with van der Waals surface area (Å²) in [7, 11) is 0. The zero-order valence-corrected chi connectivity index (χ0v) is 15.2.